The van der Waals surface area contributed by atoms with Crippen molar-refractivity contribution in [3.63, 3.8) is 0 Å². The van der Waals surface area contributed by atoms with Crippen LogP contribution in [0.15, 0.2) is 0 Å². The van der Waals surface area contributed by atoms with Gasteiger partial charge in [-0.2, -0.15) is 5.06 Å². The van der Waals surface area contributed by atoms with Crippen LogP contribution in [0, 0.1) is 0 Å². The van der Waals surface area contributed by atoms with Crippen molar-refractivity contribution >= 4 is 0 Å². The van der Waals surface area contributed by atoms with Gasteiger partial charge < -0.3 is 0 Å². The molecule has 0 aromatic carbocycles. The normalized spacial score (nSPS) is 28.2. The summed E-state index contributed by atoms with van der Waals surface area (Å²) in [4.78, 5) is 9.73. The van der Waals surface area contributed by atoms with Gasteiger partial charge in [0.05, 0.1) is 7.11 Å². The van der Waals surface area contributed by atoms with Gasteiger partial charge in [0.25, 0.3) is 0 Å². The van der Waals surface area contributed by atoms with Gasteiger partial charge in [-0.25, -0.2) is 0 Å². The smallest absolute Gasteiger partial charge is 0.141 e. The van der Waals surface area contributed by atoms with E-state index < -0.39 is 0 Å². The first-order chi connectivity index (χ1) is 5.66. The first-order valence-electron chi connectivity index (χ1n) is 4.34. The molecule has 0 aromatic heterocycles. The second kappa shape index (κ2) is 4.18. The van der Waals surface area contributed by atoms with E-state index in [-0.39, 0.29) is 6.29 Å². The Hall–Kier alpha value is -0.160. The van der Waals surface area contributed by atoms with Crippen molar-refractivity contribution in [1.82, 2.24) is 14.9 Å². The predicted molar refractivity (Wildman–Crippen MR) is 48.4 cm³/mol. The molecular formula is C8H19N3O. The molecule has 1 unspecified atom stereocenters. The Morgan fingerprint density at radius 2 is 2.00 bits per heavy atom. The van der Waals surface area contributed by atoms with E-state index in [0.29, 0.717) is 0 Å². The maximum absolute atomic E-state index is 5.29. The van der Waals surface area contributed by atoms with Gasteiger partial charge in [-0.05, 0) is 27.6 Å². The average molecular weight is 173 g/mol. The van der Waals surface area contributed by atoms with Gasteiger partial charge in [0, 0.05) is 13.1 Å². The van der Waals surface area contributed by atoms with Gasteiger partial charge in [0.2, 0.25) is 0 Å². The molecule has 1 saturated heterocycles. The molecule has 1 fully saturated rings. The lowest BCUT2D eigenvalue weighted by atomic mass is 10.3. The number of nitrogens with zero attached hydrogens (tertiary/aromatic N) is 3. The summed E-state index contributed by atoms with van der Waals surface area (Å²) >= 11 is 0. The maximum atomic E-state index is 5.29. The zero-order chi connectivity index (χ0) is 9.14. The van der Waals surface area contributed by atoms with E-state index in [4.69, 9.17) is 4.84 Å². The summed E-state index contributed by atoms with van der Waals surface area (Å²) in [6.45, 7) is 2.16. The van der Waals surface area contributed by atoms with E-state index >= 15 is 0 Å². The van der Waals surface area contributed by atoms with E-state index in [0.717, 1.165) is 13.1 Å². The van der Waals surface area contributed by atoms with E-state index in [2.05, 4.69) is 30.9 Å². The van der Waals surface area contributed by atoms with Gasteiger partial charge in [-0.1, -0.05) is 0 Å². The van der Waals surface area contributed by atoms with Gasteiger partial charge in [0.1, 0.15) is 6.29 Å². The molecule has 4 nitrogen and oxygen atoms in total. The SMILES string of the molecule is CON1CCCN(C)C1N(C)C. The lowest BCUT2D eigenvalue weighted by molar-refractivity contribution is -0.247. The Labute approximate surface area is 74.6 Å². The fourth-order valence-electron chi connectivity index (χ4n) is 1.76. The number of hydrogen-bond donors (Lipinski definition) is 0. The highest BCUT2D eigenvalue weighted by molar-refractivity contribution is 4.69. The Balaban J connectivity index is 2.59. The largest absolute Gasteiger partial charge is 0.300 e. The number of rotatable bonds is 2. The minimum absolute atomic E-state index is 0.281. The first kappa shape index (κ1) is 9.92. The van der Waals surface area contributed by atoms with E-state index in [1.807, 2.05) is 5.06 Å². The Morgan fingerprint density at radius 3 is 2.42 bits per heavy atom. The molecule has 1 aliphatic heterocycles. The fraction of sp³-hybridized carbons (Fsp3) is 1.00. The van der Waals surface area contributed by atoms with Crippen molar-refractivity contribution in [3.05, 3.63) is 0 Å². The van der Waals surface area contributed by atoms with Crippen LogP contribution in [0.25, 0.3) is 0 Å². The highest BCUT2D eigenvalue weighted by Crippen LogP contribution is 2.13. The van der Waals surface area contributed by atoms with Gasteiger partial charge in [-0.15, -0.1) is 0 Å². The molecule has 1 aliphatic rings. The van der Waals surface area contributed by atoms with Crippen molar-refractivity contribution in [3.8, 4) is 0 Å². The summed E-state index contributed by atoms with van der Waals surface area (Å²) in [5.74, 6) is 0. The molecule has 0 amide bonds. The molecular weight excluding hydrogens is 154 g/mol. The highest BCUT2D eigenvalue weighted by atomic mass is 16.7. The molecule has 12 heavy (non-hydrogen) atoms. The maximum Gasteiger partial charge on any atom is 0.141 e. The zero-order valence-corrected chi connectivity index (χ0v) is 8.45. The van der Waals surface area contributed by atoms with Crippen LogP contribution in [-0.4, -0.2) is 62.5 Å². The summed E-state index contributed by atoms with van der Waals surface area (Å²) < 4.78 is 0. The van der Waals surface area contributed by atoms with Gasteiger partial charge in [-0.3, -0.25) is 14.6 Å². The van der Waals surface area contributed by atoms with Crippen LogP contribution in [-0.2, 0) is 4.84 Å². The molecule has 0 bridgehead atoms. The molecule has 0 radical (unpaired) electrons. The van der Waals surface area contributed by atoms with E-state index in [1.165, 1.54) is 6.42 Å². The van der Waals surface area contributed by atoms with Crippen molar-refractivity contribution in [2.45, 2.75) is 12.7 Å². The first-order valence-corrected chi connectivity index (χ1v) is 4.34. The van der Waals surface area contributed by atoms with Crippen molar-refractivity contribution in [2.24, 2.45) is 0 Å². The molecule has 1 heterocycles. The van der Waals surface area contributed by atoms with Crippen molar-refractivity contribution < 1.29 is 4.84 Å². The van der Waals surface area contributed by atoms with E-state index in [1.54, 1.807) is 7.11 Å². The summed E-state index contributed by atoms with van der Waals surface area (Å²) in [5, 5.41) is 2.00. The monoisotopic (exact) mass is 173 g/mol. The Morgan fingerprint density at radius 1 is 1.33 bits per heavy atom. The second-order valence-corrected chi connectivity index (χ2v) is 3.47. The highest BCUT2D eigenvalue weighted by Gasteiger charge is 2.28. The third kappa shape index (κ3) is 1.95. The predicted octanol–water partition coefficient (Wildman–Crippen LogP) is 0.0305. The lowest BCUT2D eigenvalue weighted by Crippen LogP contribution is -2.58. The standard InChI is InChI=1S/C8H19N3O/c1-9(2)8-10(3)6-5-7-11(8)12-4/h8H,5-7H2,1-4H3. The average Bonchev–Trinajstić information content (AvgIpc) is 2.03. The Kier molecular flexibility index (Phi) is 3.46. The molecule has 0 aromatic rings. The van der Waals surface area contributed by atoms with Crippen LogP contribution in [0.5, 0.6) is 0 Å². The molecule has 72 valence electrons. The van der Waals surface area contributed by atoms with E-state index in [9.17, 15) is 0 Å². The quantitative estimate of drug-likeness (QED) is 0.586. The summed E-state index contributed by atoms with van der Waals surface area (Å²) in [5.41, 5.74) is 0. The van der Waals surface area contributed by atoms with Crippen LogP contribution >= 0.6 is 0 Å². The Bertz CT molecular complexity index is 140. The van der Waals surface area contributed by atoms with Crippen LogP contribution in [0.1, 0.15) is 6.42 Å². The molecule has 1 atom stereocenters. The summed E-state index contributed by atoms with van der Waals surface area (Å²) in [7, 11) is 7.99. The van der Waals surface area contributed by atoms with Crippen molar-refractivity contribution in [1.29, 1.82) is 0 Å². The molecule has 0 saturated carbocycles. The molecule has 1 rings (SSSR count). The number of hydrogen-bond acceptors (Lipinski definition) is 4. The summed E-state index contributed by atoms with van der Waals surface area (Å²) in [6.07, 6.45) is 1.46. The van der Waals surface area contributed by atoms with Crippen molar-refractivity contribution in [2.75, 3.05) is 41.3 Å². The number of hydroxylamine groups is 2. The minimum atomic E-state index is 0.281. The zero-order valence-electron chi connectivity index (χ0n) is 8.45. The second-order valence-electron chi connectivity index (χ2n) is 3.47. The molecule has 0 N–H and O–H groups in total. The lowest BCUT2D eigenvalue weighted by Gasteiger charge is -2.43. The molecule has 4 heteroatoms. The molecule has 0 aliphatic carbocycles. The topological polar surface area (TPSA) is 19.0 Å². The van der Waals surface area contributed by atoms with Gasteiger partial charge in [0.15, 0.2) is 0 Å². The summed E-state index contributed by atoms with van der Waals surface area (Å²) in [6, 6.07) is 0. The fourth-order valence-corrected chi connectivity index (χ4v) is 1.76. The van der Waals surface area contributed by atoms with Gasteiger partial charge >= 0.3 is 0 Å². The minimum Gasteiger partial charge on any atom is -0.300 e. The third-order valence-corrected chi connectivity index (χ3v) is 2.24. The van der Waals surface area contributed by atoms with Crippen LogP contribution < -0.4 is 0 Å². The molecule has 0 spiro atoms. The van der Waals surface area contributed by atoms with Crippen LogP contribution in [0.3, 0.4) is 0 Å². The van der Waals surface area contributed by atoms with Crippen LogP contribution in [0.2, 0.25) is 0 Å². The van der Waals surface area contributed by atoms with Crippen LogP contribution in [0.4, 0.5) is 0 Å². The third-order valence-electron chi connectivity index (χ3n) is 2.24.